The van der Waals surface area contributed by atoms with Crippen molar-refractivity contribution in [2.45, 2.75) is 31.0 Å². The van der Waals surface area contributed by atoms with Crippen molar-refractivity contribution in [1.29, 1.82) is 5.26 Å². The molecular formula is C28H30N6O6S. The van der Waals surface area contributed by atoms with Crippen molar-refractivity contribution in [2.24, 2.45) is 0 Å². The number of aryl methyl sites for hydroxylation is 1. The normalized spacial score (nSPS) is 12.8. The zero-order valence-electron chi connectivity index (χ0n) is 23.5. The zero-order valence-corrected chi connectivity index (χ0v) is 24.3. The summed E-state index contributed by atoms with van der Waals surface area (Å²) in [7, 11) is 1.94. The van der Waals surface area contributed by atoms with Gasteiger partial charge < -0.3 is 18.9 Å². The van der Waals surface area contributed by atoms with Crippen molar-refractivity contribution in [3.8, 4) is 40.4 Å². The number of ether oxygens (including phenoxy) is 4. The predicted molar refractivity (Wildman–Crippen MR) is 150 cm³/mol. The molecule has 4 aromatic rings. The lowest BCUT2D eigenvalue weighted by Crippen LogP contribution is -2.30. The van der Waals surface area contributed by atoms with Gasteiger partial charge in [0.05, 0.1) is 32.1 Å². The van der Waals surface area contributed by atoms with Crippen molar-refractivity contribution in [3.05, 3.63) is 71.6 Å². The molecule has 0 unspecified atom stereocenters. The van der Waals surface area contributed by atoms with Crippen molar-refractivity contribution in [3.63, 3.8) is 0 Å². The molecule has 0 saturated heterocycles. The molecule has 4 rings (SSSR count). The second kappa shape index (κ2) is 12.3. The number of hydrogen-bond acceptors (Lipinski definition) is 11. The second-order valence-electron chi connectivity index (χ2n) is 9.10. The van der Waals surface area contributed by atoms with Gasteiger partial charge in [-0.25, -0.2) is 18.4 Å². The van der Waals surface area contributed by atoms with Gasteiger partial charge in [0.1, 0.15) is 40.9 Å². The van der Waals surface area contributed by atoms with E-state index in [9.17, 15) is 13.7 Å². The van der Waals surface area contributed by atoms with E-state index in [1.165, 1.54) is 28.4 Å². The maximum Gasteiger partial charge on any atom is 0.168 e. The van der Waals surface area contributed by atoms with Crippen LogP contribution in [-0.2, 0) is 20.3 Å². The highest BCUT2D eigenvalue weighted by molar-refractivity contribution is 7.91. The lowest BCUT2D eigenvalue weighted by Gasteiger charge is -2.22. The molecule has 0 saturated carbocycles. The van der Waals surface area contributed by atoms with E-state index in [1.54, 1.807) is 60.3 Å². The van der Waals surface area contributed by atoms with Gasteiger partial charge in [-0.3, -0.25) is 4.57 Å². The molecule has 0 aliphatic carbocycles. The van der Waals surface area contributed by atoms with Gasteiger partial charge in [0, 0.05) is 25.1 Å². The number of rotatable bonds is 11. The Hall–Kier alpha value is -4.54. The van der Waals surface area contributed by atoms with Crippen LogP contribution in [0.25, 0.3) is 17.1 Å². The van der Waals surface area contributed by atoms with Crippen LogP contribution in [0, 0.1) is 18.3 Å². The Kier molecular flexibility index (Phi) is 8.85. The zero-order chi connectivity index (χ0) is 29.7. The minimum atomic E-state index is -3.93. The van der Waals surface area contributed by atoms with Crippen molar-refractivity contribution >= 4 is 9.84 Å². The van der Waals surface area contributed by atoms with E-state index in [4.69, 9.17) is 18.9 Å². The van der Waals surface area contributed by atoms with E-state index in [0.29, 0.717) is 28.5 Å². The number of para-hydroxylation sites is 1. The molecule has 0 aliphatic rings. The third-order valence-electron chi connectivity index (χ3n) is 6.57. The van der Waals surface area contributed by atoms with Gasteiger partial charge in [-0.2, -0.15) is 5.26 Å². The summed E-state index contributed by atoms with van der Waals surface area (Å²) in [5.41, 5.74) is 2.01. The van der Waals surface area contributed by atoms with Crippen LogP contribution < -0.4 is 14.2 Å². The molecular weight excluding hydrogens is 548 g/mol. The van der Waals surface area contributed by atoms with Gasteiger partial charge in [0.15, 0.2) is 27.3 Å². The highest BCUT2D eigenvalue weighted by Crippen LogP contribution is 2.38. The Morgan fingerprint density at radius 3 is 2.15 bits per heavy atom. The van der Waals surface area contributed by atoms with E-state index < -0.39 is 26.9 Å². The SMILES string of the molecule is COc1ccc(-c2nnc(CS(=O)(=O)[C@@H](C)[C@H](OC)c3ncc(C)cn3)n2-c2c(OC)cccc2OC)cc1C#N. The van der Waals surface area contributed by atoms with Crippen molar-refractivity contribution in [1.82, 2.24) is 24.7 Å². The molecule has 0 spiro atoms. The maximum absolute atomic E-state index is 13.8. The van der Waals surface area contributed by atoms with Crippen LogP contribution >= 0.6 is 0 Å². The number of benzene rings is 2. The first kappa shape index (κ1) is 29.4. The number of nitrogens with zero attached hydrogens (tertiary/aromatic N) is 6. The monoisotopic (exact) mass is 578 g/mol. The number of aromatic nitrogens is 5. The molecule has 0 fully saturated rings. The van der Waals surface area contributed by atoms with E-state index >= 15 is 0 Å². The van der Waals surface area contributed by atoms with Crippen LogP contribution in [0.3, 0.4) is 0 Å². The maximum atomic E-state index is 13.8. The quantitative estimate of drug-likeness (QED) is 0.257. The van der Waals surface area contributed by atoms with Crippen LogP contribution in [0.15, 0.2) is 48.8 Å². The summed E-state index contributed by atoms with van der Waals surface area (Å²) in [6.07, 6.45) is 2.29. The van der Waals surface area contributed by atoms with E-state index in [-0.39, 0.29) is 23.0 Å². The molecule has 0 aliphatic heterocycles. The Bertz CT molecular complexity index is 1660. The molecule has 2 aromatic heterocycles. The number of nitriles is 1. The molecule has 0 amide bonds. The number of hydrogen-bond donors (Lipinski definition) is 0. The fourth-order valence-electron chi connectivity index (χ4n) is 4.37. The average Bonchev–Trinajstić information content (AvgIpc) is 3.39. The van der Waals surface area contributed by atoms with E-state index in [0.717, 1.165) is 5.56 Å². The number of methoxy groups -OCH3 is 4. The van der Waals surface area contributed by atoms with Crippen LogP contribution in [0.4, 0.5) is 0 Å². The van der Waals surface area contributed by atoms with Crippen molar-refractivity contribution in [2.75, 3.05) is 28.4 Å². The minimum absolute atomic E-state index is 0.101. The van der Waals surface area contributed by atoms with Gasteiger partial charge in [-0.05, 0) is 49.7 Å². The van der Waals surface area contributed by atoms with E-state index in [2.05, 4.69) is 26.2 Å². The fraction of sp³-hybridized carbons (Fsp3) is 0.321. The van der Waals surface area contributed by atoms with Gasteiger partial charge in [-0.1, -0.05) is 6.07 Å². The smallest absolute Gasteiger partial charge is 0.168 e. The highest BCUT2D eigenvalue weighted by Gasteiger charge is 2.35. The molecule has 0 bridgehead atoms. The van der Waals surface area contributed by atoms with Crippen LogP contribution in [0.5, 0.6) is 17.2 Å². The molecule has 214 valence electrons. The molecule has 2 heterocycles. The molecule has 2 aromatic carbocycles. The summed E-state index contributed by atoms with van der Waals surface area (Å²) in [5.74, 6) is 1.30. The minimum Gasteiger partial charge on any atom is -0.495 e. The fourth-order valence-corrected chi connectivity index (χ4v) is 5.79. The standard InChI is InChI=1S/C28H30N6O6S/c1-17-14-30-27(31-15-17)26(40-6)18(2)41(35,36)16-24-32-33-28(19-10-11-21(37-3)20(12-19)13-29)34(24)25-22(38-4)8-7-9-23(25)39-5/h7-12,14-15,18,26H,16H2,1-6H3/t18-,26-/m0/s1. The summed E-state index contributed by atoms with van der Waals surface area (Å²) >= 11 is 0. The van der Waals surface area contributed by atoms with Gasteiger partial charge in [0.25, 0.3) is 0 Å². The molecule has 41 heavy (non-hydrogen) atoms. The lowest BCUT2D eigenvalue weighted by molar-refractivity contribution is 0.0947. The van der Waals surface area contributed by atoms with Crippen LogP contribution in [0.1, 0.15) is 35.8 Å². The molecule has 13 heteroatoms. The molecule has 2 atom stereocenters. The third kappa shape index (κ3) is 5.84. The third-order valence-corrected chi connectivity index (χ3v) is 8.61. The van der Waals surface area contributed by atoms with Crippen LogP contribution in [0.2, 0.25) is 0 Å². The van der Waals surface area contributed by atoms with E-state index in [1.807, 2.05) is 6.92 Å². The predicted octanol–water partition coefficient (Wildman–Crippen LogP) is 3.62. The first-order chi connectivity index (χ1) is 19.7. The molecule has 0 radical (unpaired) electrons. The Labute approximate surface area is 238 Å². The summed E-state index contributed by atoms with van der Waals surface area (Å²) in [5, 5.41) is 17.3. The second-order valence-corrected chi connectivity index (χ2v) is 11.5. The first-order valence-electron chi connectivity index (χ1n) is 12.5. The summed E-state index contributed by atoms with van der Waals surface area (Å²) in [4.78, 5) is 8.54. The molecule has 12 nitrogen and oxygen atoms in total. The average molecular weight is 579 g/mol. The van der Waals surface area contributed by atoms with Gasteiger partial charge >= 0.3 is 0 Å². The Balaban J connectivity index is 1.88. The Morgan fingerprint density at radius 2 is 1.59 bits per heavy atom. The lowest BCUT2D eigenvalue weighted by atomic mass is 10.1. The highest BCUT2D eigenvalue weighted by atomic mass is 32.2. The van der Waals surface area contributed by atoms with Gasteiger partial charge in [0.2, 0.25) is 0 Å². The summed E-state index contributed by atoms with van der Waals surface area (Å²) in [6.45, 7) is 3.38. The largest absolute Gasteiger partial charge is 0.495 e. The first-order valence-corrected chi connectivity index (χ1v) is 14.2. The van der Waals surface area contributed by atoms with Crippen LogP contribution in [-0.4, -0.2) is 66.8 Å². The molecule has 0 N–H and O–H groups in total. The van der Waals surface area contributed by atoms with Crippen molar-refractivity contribution < 1.29 is 27.4 Å². The summed E-state index contributed by atoms with van der Waals surface area (Å²) in [6, 6.07) is 12.2. The topological polar surface area (TPSA) is 151 Å². The van der Waals surface area contributed by atoms with Gasteiger partial charge in [-0.15, -0.1) is 10.2 Å². The summed E-state index contributed by atoms with van der Waals surface area (Å²) < 4.78 is 51.3. The Morgan fingerprint density at radius 1 is 0.951 bits per heavy atom. The number of sulfone groups is 1.